The Bertz CT molecular complexity index is 700. The monoisotopic (exact) mass is 369 g/mol. The minimum absolute atomic E-state index is 0.0151. The van der Waals surface area contributed by atoms with Crippen molar-refractivity contribution in [3.8, 4) is 5.75 Å². The van der Waals surface area contributed by atoms with Crippen LogP contribution in [-0.2, 0) is 16.0 Å². The second-order valence-electron chi connectivity index (χ2n) is 6.51. The number of carbonyl (C=O) groups is 1. The largest absolute Gasteiger partial charge is 0.494 e. The Balaban J connectivity index is 1.58. The number of pyridine rings is 1. The predicted molar refractivity (Wildman–Crippen MR) is 104 cm³/mol. The van der Waals surface area contributed by atoms with Crippen molar-refractivity contribution in [3.63, 3.8) is 0 Å². The van der Waals surface area contributed by atoms with Gasteiger partial charge in [-0.1, -0.05) is 18.2 Å². The lowest BCUT2D eigenvalue weighted by molar-refractivity contribution is -0.120. The van der Waals surface area contributed by atoms with Gasteiger partial charge < -0.3 is 14.8 Å². The van der Waals surface area contributed by atoms with Crippen LogP contribution in [0.15, 0.2) is 48.8 Å². The highest BCUT2D eigenvalue weighted by Gasteiger charge is 2.23. The van der Waals surface area contributed by atoms with Crippen molar-refractivity contribution in [3.05, 3.63) is 59.9 Å². The van der Waals surface area contributed by atoms with E-state index in [0.717, 1.165) is 43.2 Å². The zero-order valence-electron chi connectivity index (χ0n) is 15.8. The molecular formula is C21H27N3O3. The van der Waals surface area contributed by atoms with Gasteiger partial charge in [-0.05, 0) is 36.2 Å². The zero-order chi connectivity index (χ0) is 18.9. The molecule has 0 radical (unpaired) electrons. The van der Waals surface area contributed by atoms with Crippen molar-refractivity contribution in [2.75, 3.05) is 39.5 Å². The molecule has 3 rings (SSSR count). The Kier molecular flexibility index (Phi) is 7.19. The average molecular weight is 369 g/mol. The lowest BCUT2D eigenvalue weighted by Crippen LogP contribution is -2.44. The first-order chi connectivity index (χ1) is 13.3. The first-order valence-electron chi connectivity index (χ1n) is 9.46. The maximum Gasteiger partial charge on any atom is 0.224 e. The van der Waals surface area contributed by atoms with E-state index in [9.17, 15) is 4.79 Å². The van der Waals surface area contributed by atoms with Crippen LogP contribution in [0.3, 0.4) is 0 Å². The van der Waals surface area contributed by atoms with Gasteiger partial charge in [-0.3, -0.25) is 14.7 Å². The molecule has 0 saturated carbocycles. The molecule has 1 amide bonds. The highest BCUT2D eigenvalue weighted by atomic mass is 16.5. The van der Waals surface area contributed by atoms with Gasteiger partial charge in [0, 0.05) is 32.0 Å². The molecular weight excluding hydrogens is 342 g/mol. The van der Waals surface area contributed by atoms with E-state index >= 15 is 0 Å². The third-order valence-electron chi connectivity index (χ3n) is 4.65. The molecule has 144 valence electrons. The summed E-state index contributed by atoms with van der Waals surface area (Å²) in [5.41, 5.74) is 2.08. The van der Waals surface area contributed by atoms with E-state index in [0.29, 0.717) is 19.6 Å². The van der Waals surface area contributed by atoms with Crippen molar-refractivity contribution >= 4 is 5.91 Å². The number of hydrogen-bond acceptors (Lipinski definition) is 5. The summed E-state index contributed by atoms with van der Waals surface area (Å²) in [7, 11) is 0. The molecule has 27 heavy (non-hydrogen) atoms. The van der Waals surface area contributed by atoms with Gasteiger partial charge in [0.2, 0.25) is 5.91 Å². The maximum absolute atomic E-state index is 12.4. The number of amides is 1. The summed E-state index contributed by atoms with van der Waals surface area (Å²) in [4.78, 5) is 19.0. The quantitative estimate of drug-likeness (QED) is 0.773. The molecule has 0 bridgehead atoms. The topological polar surface area (TPSA) is 63.7 Å². The number of ether oxygens (including phenoxy) is 2. The number of hydrogen-bond donors (Lipinski definition) is 1. The van der Waals surface area contributed by atoms with Crippen molar-refractivity contribution in [1.29, 1.82) is 0 Å². The lowest BCUT2D eigenvalue weighted by Gasteiger charge is -2.34. The van der Waals surface area contributed by atoms with E-state index in [1.165, 1.54) is 0 Å². The number of carbonyl (C=O) groups excluding carboxylic acids is 1. The predicted octanol–water partition coefficient (Wildman–Crippen LogP) is 2.21. The minimum atomic E-state index is 0.0151. The molecule has 1 aromatic heterocycles. The smallest absolute Gasteiger partial charge is 0.224 e. The van der Waals surface area contributed by atoms with E-state index in [4.69, 9.17) is 9.47 Å². The number of aromatic nitrogens is 1. The van der Waals surface area contributed by atoms with Crippen molar-refractivity contribution in [2.45, 2.75) is 19.4 Å². The summed E-state index contributed by atoms with van der Waals surface area (Å²) in [6, 6.07) is 11.8. The van der Waals surface area contributed by atoms with Gasteiger partial charge >= 0.3 is 0 Å². The second kappa shape index (κ2) is 10.0. The van der Waals surface area contributed by atoms with Crippen LogP contribution in [0.5, 0.6) is 5.75 Å². The molecule has 1 unspecified atom stereocenters. The Morgan fingerprint density at radius 1 is 1.26 bits per heavy atom. The highest BCUT2D eigenvalue weighted by Crippen LogP contribution is 2.20. The lowest BCUT2D eigenvalue weighted by atomic mass is 10.1. The summed E-state index contributed by atoms with van der Waals surface area (Å²) in [5, 5.41) is 3.09. The fourth-order valence-corrected chi connectivity index (χ4v) is 3.25. The number of benzene rings is 1. The Morgan fingerprint density at radius 3 is 2.70 bits per heavy atom. The number of morpholine rings is 1. The Labute approximate surface area is 160 Å². The van der Waals surface area contributed by atoms with Crippen LogP contribution in [0.2, 0.25) is 0 Å². The number of nitrogens with zero attached hydrogens (tertiary/aromatic N) is 2. The minimum Gasteiger partial charge on any atom is -0.494 e. The normalized spacial score (nSPS) is 15.9. The summed E-state index contributed by atoms with van der Waals surface area (Å²) >= 11 is 0. The summed E-state index contributed by atoms with van der Waals surface area (Å²) in [6.07, 6.45) is 4.00. The van der Waals surface area contributed by atoms with Crippen LogP contribution in [0, 0.1) is 0 Å². The molecule has 1 atom stereocenters. The van der Waals surface area contributed by atoms with E-state index in [2.05, 4.69) is 21.3 Å². The zero-order valence-corrected chi connectivity index (χ0v) is 15.8. The van der Waals surface area contributed by atoms with Gasteiger partial charge in [0.05, 0.1) is 32.3 Å². The van der Waals surface area contributed by atoms with Gasteiger partial charge in [-0.2, -0.15) is 0 Å². The SMILES string of the molecule is CCOc1ccc(CC(=O)NCC(c2cccnc2)N2CCOCC2)cc1. The molecule has 2 heterocycles. The summed E-state index contributed by atoms with van der Waals surface area (Å²) in [6.45, 7) is 6.30. The van der Waals surface area contributed by atoms with Gasteiger partial charge in [0.25, 0.3) is 0 Å². The molecule has 6 nitrogen and oxygen atoms in total. The van der Waals surface area contributed by atoms with Crippen LogP contribution in [0.1, 0.15) is 24.1 Å². The second-order valence-corrected chi connectivity index (χ2v) is 6.51. The average Bonchev–Trinajstić information content (AvgIpc) is 2.71. The van der Waals surface area contributed by atoms with Crippen molar-refractivity contribution in [2.24, 2.45) is 0 Å². The molecule has 1 aliphatic heterocycles. The maximum atomic E-state index is 12.4. The molecule has 0 aliphatic carbocycles. The fraction of sp³-hybridized carbons (Fsp3) is 0.429. The van der Waals surface area contributed by atoms with E-state index in [-0.39, 0.29) is 11.9 Å². The van der Waals surface area contributed by atoms with Gasteiger partial charge in [0.15, 0.2) is 0 Å². The first kappa shape index (κ1) is 19.3. The molecule has 1 saturated heterocycles. The third kappa shape index (κ3) is 5.77. The molecule has 6 heteroatoms. The first-order valence-corrected chi connectivity index (χ1v) is 9.46. The van der Waals surface area contributed by atoms with E-state index < -0.39 is 0 Å². The third-order valence-corrected chi connectivity index (χ3v) is 4.65. The molecule has 1 aromatic carbocycles. The fourth-order valence-electron chi connectivity index (χ4n) is 3.25. The van der Waals surface area contributed by atoms with Gasteiger partial charge in [0.1, 0.15) is 5.75 Å². The van der Waals surface area contributed by atoms with Crippen molar-refractivity contribution < 1.29 is 14.3 Å². The number of nitrogens with one attached hydrogen (secondary N) is 1. The Hall–Kier alpha value is -2.44. The van der Waals surface area contributed by atoms with Gasteiger partial charge in [-0.15, -0.1) is 0 Å². The van der Waals surface area contributed by atoms with Gasteiger partial charge in [-0.25, -0.2) is 0 Å². The van der Waals surface area contributed by atoms with Crippen LogP contribution in [-0.4, -0.2) is 55.2 Å². The standard InChI is InChI=1S/C21H27N3O3/c1-2-27-19-7-5-17(6-8-19)14-21(25)23-16-20(18-4-3-9-22-15-18)24-10-12-26-13-11-24/h3-9,15,20H,2,10-14,16H2,1H3,(H,23,25). The summed E-state index contributed by atoms with van der Waals surface area (Å²) in [5.74, 6) is 0.840. The molecule has 0 spiro atoms. The molecule has 1 aliphatic rings. The van der Waals surface area contributed by atoms with E-state index in [1.54, 1.807) is 6.20 Å². The van der Waals surface area contributed by atoms with Crippen molar-refractivity contribution in [1.82, 2.24) is 15.2 Å². The van der Waals surface area contributed by atoms with E-state index in [1.807, 2.05) is 43.5 Å². The molecule has 1 N–H and O–H groups in total. The molecule has 2 aromatic rings. The van der Waals surface area contributed by atoms with Crippen LogP contribution >= 0.6 is 0 Å². The Morgan fingerprint density at radius 2 is 2.04 bits per heavy atom. The highest BCUT2D eigenvalue weighted by molar-refractivity contribution is 5.78. The summed E-state index contributed by atoms with van der Waals surface area (Å²) < 4.78 is 10.9. The van der Waals surface area contributed by atoms with Crippen LogP contribution in [0.25, 0.3) is 0 Å². The molecule has 1 fully saturated rings. The van der Waals surface area contributed by atoms with Crippen LogP contribution < -0.4 is 10.1 Å². The number of rotatable bonds is 8. The van der Waals surface area contributed by atoms with Crippen LogP contribution in [0.4, 0.5) is 0 Å².